The van der Waals surface area contributed by atoms with Crippen LogP contribution in [0.1, 0.15) is 42.5 Å². The maximum absolute atomic E-state index is 12.5. The van der Waals surface area contributed by atoms with Crippen molar-refractivity contribution in [2.45, 2.75) is 33.1 Å². The van der Waals surface area contributed by atoms with Crippen LogP contribution in [0.15, 0.2) is 36.5 Å². The van der Waals surface area contributed by atoms with E-state index in [4.69, 9.17) is 4.98 Å². The molecule has 0 aliphatic heterocycles. The van der Waals surface area contributed by atoms with E-state index in [0.717, 1.165) is 15.9 Å². The lowest BCUT2D eigenvalue weighted by Crippen LogP contribution is -2.16. The zero-order valence-electron chi connectivity index (χ0n) is 16.5. The second-order valence-electron chi connectivity index (χ2n) is 7.84. The highest BCUT2D eigenvalue weighted by Crippen LogP contribution is 2.31. The van der Waals surface area contributed by atoms with Crippen molar-refractivity contribution in [3.63, 3.8) is 0 Å². The highest BCUT2D eigenvalue weighted by Gasteiger charge is 2.18. The molecule has 1 amide bonds. The number of carbonyl (C=O) groups excluding carboxylic acids is 1. The van der Waals surface area contributed by atoms with Crippen LogP contribution in [0.3, 0.4) is 0 Å². The van der Waals surface area contributed by atoms with Gasteiger partial charge in [-0.2, -0.15) is 14.9 Å². The van der Waals surface area contributed by atoms with E-state index >= 15 is 0 Å². The Labute approximate surface area is 167 Å². The van der Waals surface area contributed by atoms with E-state index in [0.29, 0.717) is 16.6 Å². The van der Waals surface area contributed by atoms with Gasteiger partial charge in [0, 0.05) is 19.3 Å². The first-order chi connectivity index (χ1) is 13.2. The van der Waals surface area contributed by atoms with E-state index in [-0.39, 0.29) is 11.3 Å². The van der Waals surface area contributed by atoms with Gasteiger partial charge in [0.15, 0.2) is 5.69 Å². The molecule has 4 aromatic rings. The lowest BCUT2D eigenvalue weighted by atomic mass is 9.87. The molecule has 0 aliphatic carbocycles. The summed E-state index contributed by atoms with van der Waals surface area (Å²) < 4.78 is 4.37. The molecule has 0 aliphatic rings. The number of hydrogen-bond donors (Lipinski definition) is 1. The van der Waals surface area contributed by atoms with Crippen molar-refractivity contribution in [2.75, 3.05) is 5.32 Å². The fraction of sp³-hybridized carbons (Fsp3) is 0.300. The molecule has 28 heavy (non-hydrogen) atoms. The third-order valence-electron chi connectivity index (χ3n) is 4.44. The van der Waals surface area contributed by atoms with E-state index in [1.807, 2.05) is 19.1 Å². The normalized spacial score (nSPS) is 11.9. The Morgan fingerprint density at radius 3 is 2.61 bits per heavy atom. The Morgan fingerprint density at radius 1 is 1.14 bits per heavy atom. The number of rotatable bonds is 3. The number of hydrogen-bond acceptors (Lipinski definition) is 5. The summed E-state index contributed by atoms with van der Waals surface area (Å²) in [6, 6.07) is 9.84. The number of nitrogens with zero attached hydrogens (tertiary/aromatic N) is 5. The highest BCUT2D eigenvalue weighted by atomic mass is 32.1. The molecule has 1 N–H and O–H groups in total. The van der Waals surface area contributed by atoms with Gasteiger partial charge in [-0.25, -0.2) is 4.98 Å². The minimum absolute atomic E-state index is 0.0719. The van der Waals surface area contributed by atoms with Gasteiger partial charge in [0.2, 0.25) is 5.13 Å². The minimum Gasteiger partial charge on any atom is -0.305 e. The van der Waals surface area contributed by atoms with Crippen molar-refractivity contribution in [3.8, 4) is 5.13 Å². The molecule has 3 heterocycles. The predicted molar refractivity (Wildman–Crippen MR) is 111 cm³/mol. The molecular formula is C20H22N6OS. The van der Waals surface area contributed by atoms with Crippen LogP contribution in [-0.2, 0) is 12.5 Å². The third kappa shape index (κ3) is 3.43. The Kier molecular flexibility index (Phi) is 4.30. The number of fused-ring (bicyclic) bond motifs is 1. The molecule has 4 rings (SSSR count). The first-order valence-corrected chi connectivity index (χ1v) is 9.81. The minimum atomic E-state index is -0.280. The summed E-state index contributed by atoms with van der Waals surface area (Å²) in [6.45, 7) is 8.46. The summed E-state index contributed by atoms with van der Waals surface area (Å²) in [4.78, 5) is 17.2. The van der Waals surface area contributed by atoms with Crippen molar-refractivity contribution < 1.29 is 4.79 Å². The second kappa shape index (κ2) is 6.56. The Balaban J connectivity index is 1.70. The first kappa shape index (κ1) is 18.4. The summed E-state index contributed by atoms with van der Waals surface area (Å²) in [7, 11) is 1.78. The van der Waals surface area contributed by atoms with E-state index in [2.05, 4.69) is 48.4 Å². The zero-order chi connectivity index (χ0) is 20.1. The molecule has 7 nitrogen and oxygen atoms in total. The fourth-order valence-electron chi connectivity index (χ4n) is 2.92. The lowest BCUT2D eigenvalue weighted by Gasteiger charge is -2.18. The molecule has 0 radical (unpaired) electrons. The van der Waals surface area contributed by atoms with Crippen LogP contribution in [-0.4, -0.2) is 30.5 Å². The quantitative estimate of drug-likeness (QED) is 0.568. The van der Waals surface area contributed by atoms with E-state index in [9.17, 15) is 4.79 Å². The van der Waals surface area contributed by atoms with Gasteiger partial charge in [-0.3, -0.25) is 9.48 Å². The summed E-state index contributed by atoms with van der Waals surface area (Å²) in [5, 5.41) is 12.3. The molecule has 0 fully saturated rings. The highest BCUT2D eigenvalue weighted by molar-refractivity contribution is 7.20. The number of anilines is 1. The topological polar surface area (TPSA) is 77.6 Å². The number of benzene rings is 1. The van der Waals surface area contributed by atoms with E-state index in [1.54, 1.807) is 40.0 Å². The number of aryl methyl sites for hydroxylation is 2. The number of amides is 1. The molecule has 0 saturated carbocycles. The zero-order valence-corrected chi connectivity index (χ0v) is 17.3. The van der Waals surface area contributed by atoms with Crippen LogP contribution in [0.25, 0.3) is 15.3 Å². The van der Waals surface area contributed by atoms with Gasteiger partial charge in [0.25, 0.3) is 5.91 Å². The van der Waals surface area contributed by atoms with Crippen LogP contribution >= 0.6 is 11.3 Å². The van der Waals surface area contributed by atoms with Gasteiger partial charge in [0.1, 0.15) is 5.82 Å². The Morgan fingerprint density at radius 2 is 1.93 bits per heavy atom. The van der Waals surface area contributed by atoms with Crippen LogP contribution in [0.2, 0.25) is 0 Å². The number of thiazole rings is 1. The van der Waals surface area contributed by atoms with Crippen LogP contribution in [0.5, 0.6) is 0 Å². The van der Waals surface area contributed by atoms with Crippen molar-refractivity contribution in [3.05, 3.63) is 53.5 Å². The van der Waals surface area contributed by atoms with Crippen molar-refractivity contribution in [1.29, 1.82) is 0 Å². The molecule has 0 bridgehead atoms. The van der Waals surface area contributed by atoms with Gasteiger partial charge < -0.3 is 5.32 Å². The number of carbonyl (C=O) groups is 1. The summed E-state index contributed by atoms with van der Waals surface area (Å²) >= 11 is 1.55. The lowest BCUT2D eigenvalue weighted by molar-refractivity contribution is 0.102. The number of aromatic nitrogens is 5. The predicted octanol–water partition coefficient (Wildman–Crippen LogP) is 4.07. The maximum atomic E-state index is 12.5. The monoisotopic (exact) mass is 394 g/mol. The smallest absolute Gasteiger partial charge is 0.277 e. The average Bonchev–Trinajstić information content (AvgIpc) is 3.31. The van der Waals surface area contributed by atoms with Crippen LogP contribution in [0.4, 0.5) is 5.82 Å². The van der Waals surface area contributed by atoms with Gasteiger partial charge >= 0.3 is 0 Å². The van der Waals surface area contributed by atoms with Gasteiger partial charge in [0.05, 0.1) is 15.9 Å². The summed E-state index contributed by atoms with van der Waals surface area (Å²) in [5.41, 5.74) is 3.40. The Hall–Kier alpha value is -3.00. The second-order valence-corrected chi connectivity index (χ2v) is 8.85. The van der Waals surface area contributed by atoms with Crippen molar-refractivity contribution in [2.24, 2.45) is 7.05 Å². The average molecular weight is 395 g/mol. The third-order valence-corrected chi connectivity index (χ3v) is 5.44. The van der Waals surface area contributed by atoms with Crippen molar-refractivity contribution in [1.82, 2.24) is 24.5 Å². The molecule has 0 atom stereocenters. The fourth-order valence-corrected chi connectivity index (χ4v) is 3.89. The molecule has 1 aromatic carbocycles. The van der Waals surface area contributed by atoms with Gasteiger partial charge in [-0.1, -0.05) is 38.2 Å². The molecule has 0 unspecified atom stereocenters. The Bertz CT molecular complexity index is 1180. The molecule has 0 spiro atoms. The maximum Gasteiger partial charge on any atom is 0.277 e. The summed E-state index contributed by atoms with van der Waals surface area (Å²) in [5.74, 6) is 0.293. The molecule has 8 heteroatoms. The standard InChI is InChI=1S/C20H22N6OS/c1-12-10-17(22-18(27)15-8-9-25(5)24-15)26(23-12)19-21-14-7-6-13(20(2,3)4)11-16(14)28-19/h6-11H,1-5H3,(H,22,27). The van der Waals surface area contributed by atoms with E-state index < -0.39 is 0 Å². The first-order valence-electron chi connectivity index (χ1n) is 9.00. The molecule has 0 saturated heterocycles. The van der Waals surface area contributed by atoms with Crippen LogP contribution in [0, 0.1) is 6.92 Å². The molecular weight excluding hydrogens is 372 g/mol. The SMILES string of the molecule is Cc1cc(NC(=O)c2ccn(C)n2)n(-c2nc3ccc(C(C)(C)C)cc3s2)n1. The van der Waals surface area contributed by atoms with E-state index in [1.165, 1.54) is 5.56 Å². The van der Waals surface area contributed by atoms with Gasteiger partial charge in [-0.15, -0.1) is 0 Å². The largest absolute Gasteiger partial charge is 0.305 e. The number of nitrogens with one attached hydrogen (secondary N) is 1. The van der Waals surface area contributed by atoms with Gasteiger partial charge in [-0.05, 0) is 36.1 Å². The van der Waals surface area contributed by atoms with Crippen molar-refractivity contribution >= 4 is 33.3 Å². The van der Waals surface area contributed by atoms with Crippen LogP contribution < -0.4 is 5.32 Å². The molecule has 144 valence electrons. The summed E-state index contributed by atoms with van der Waals surface area (Å²) in [6.07, 6.45) is 1.73. The molecule has 3 aromatic heterocycles.